The average Bonchev–Trinajstić information content (AvgIpc) is 3.26. The van der Waals surface area contributed by atoms with E-state index >= 15 is 0 Å². The molecule has 9 heteroatoms. The number of anilines is 1. The van der Waals surface area contributed by atoms with E-state index in [9.17, 15) is 4.79 Å². The van der Waals surface area contributed by atoms with Gasteiger partial charge in [-0.05, 0) is 25.0 Å². The van der Waals surface area contributed by atoms with Gasteiger partial charge in [0.05, 0.1) is 18.4 Å². The number of methoxy groups -OCH3 is 1. The molecule has 1 aliphatic carbocycles. The smallest absolute Gasteiger partial charge is 0.228 e. The van der Waals surface area contributed by atoms with Gasteiger partial charge in [0.15, 0.2) is 4.34 Å². The molecule has 1 aliphatic rings. The monoisotopic (exact) mass is 432 g/mol. The molecule has 28 heavy (non-hydrogen) atoms. The highest BCUT2D eigenvalue weighted by Crippen LogP contribution is 2.37. The molecule has 3 aromatic rings. The van der Waals surface area contributed by atoms with Crippen LogP contribution in [0.3, 0.4) is 0 Å². The van der Waals surface area contributed by atoms with Crippen molar-refractivity contribution in [2.75, 3.05) is 12.0 Å². The summed E-state index contributed by atoms with van der Waals surface area (Å²) < 4.78 is 6.29. The largest absolute Gasteiger partial charge is 0.496 e. The molecule has 0 N–H and O–H groups in total. The highest BCUT2D eigenvalue weighted by molar-refractivity contribution is 8.00. The van der Waals surface area contributed by atoms with Gasteiger partial charge in [-0.25, -0.2) is 4.98 Å². The summed E-state index contributed by atoms with van der Waals surface area (Å²) in [5.74, 6) is 1.66. The van der Waals surface area contributed by atoms with E-state index in [2.05, 4.69) is 15.6 Å². The Kier molecular flexibility index (Phi) is 5.93. The van der Waals surface area contributed by atoms with Crippen LogP contribution < -0.4 is 9.64 Å². The number of carbonyl (C=O) groups is 1. The van der Waals surface area contributed by atoms with Gasteiger partial charge in [0.25, 0.3) is 0 Å². The molecular formula is C19H20N4O2S3. The lowest BCUT2D eigenvalue weighted by atomic mass is 10.2. The average molecular weight is 433 g/mol. The lowest BCUT2D eigenvalue weighted by Gasteiger charge is -2.17. The van der Waals surface area contributed by atoms with Crippen molar-refractivity contribution in [2.45, 2.75) is 42.3 Å². The molecular weight excluding hydrogens is 412 g/mol. The molecule has 1 saturated carbocycles. The molecule has 2 aromatic heterocycles. The van der Waals surface area contributed by atoms with Crippen LogP contribution in [0, 0.1) is 0 Å². The molecule has 4 rings (SSSR count). The molecule has 146 valence electrons. The molecule has 0 saturated heterocycles. The molecule has 0 unspecified atom stereocenters. The van der Waals surface area contributed by atoms with Gasteiger partial charge < -0.3 is 4.74 Å². The fraction of sp³-hybridized carbons (Fsp3) is 0.368. The second kappa shape index (κ2) is 8.59. The summed E-state index contributed by atoms with van der Waals surface area (Å²) in [7, 11) is 1.67. The number of amides is 1. The number of nitrogens with zero attached hydrogens (tertiary/aromatic N) is 4. The van der Waals surface area contributed by atoms with Gasteiger partial charge in [-0.1, -0.05) is 42.2 Å². The first kappa shape index (κ1) is 19.4. The minimum Gasteiger partial charge on any atom is -0.496 e. The van der Waals surface area contributed by atoms with Crippen LogP contribution in [0.25, 0.3) is 10.6 Å². The van der Waals surface area contributed by atoms with Crippen LogP contribution in [0.4, 0.5) is 5.13 Å². The van der Waals surface area contributed by atoms with Crippen molar-refractivity contribution in [1.82, 2.24) is 15.2 Å². The van der Waals surface area contributed by atoms with Gasteiger partial charge in [-0.2, -0.15) is 0 Å². The number of thiazole rings is 1. The van der Waals surface area contributed by atoms with Crippen LogP contribution in [0.15, 0.2) is 34.0 Å². The van der Waals surface area contributed by atoms with Crippen molar-refractivity contribution >= 4 is 45.5 Å². The van der Waals surface area contributed by atoms with Gasteiger partial charge in [-0.3, -0.25) is 9.69 Å². The van der Waals surface area contributed by atoms with E-state index < -0.39 is 0 Å². The zero-order chi connectivity index (χ0) is 19.5. The van der Waals surface area contributed by atoms with Crippen molar-refractivity contribution in [3.63, 3.8) is 0 Å². The van der Waals surface area contributed by atoms with Crippen molar-refractivity contribution in [2.24, 2.45) is 0 Å². The Labute approximate surface area is 176 Å². The van der Waals surface area contributed by atoms with Gasteiger partial charge in [0.1, 0.15) is 10.8 Å². The number of hydrogen-bond donors (Lipinski definition) is 0. The molecule has 1 aromatic carbocycles. The number of ether oxygens (including phenoxy) is 1. The molecule has 0 aliphatic heterocycles. The maximum atomic E-state index is 12.2. The van der Waals surface area contributed by atoms with Crippen molar-refractivity contribution < 1.29 is 9.53 Å². The fourth-order valence-electron chi connectivity index (χ4n) is 2.78. The van der Waals surface area contributed by atoms with Crippen LogP contribution in [0.5, 0.6) is 5.75 Å². The molecule has 0 bridgehead atoms. The normalized spacial score (nSPS) is 13.5. The zero-order valence-electron chi connectivity index (χ0n) is 15.6. The molecule has 6 nitrogen and oxygen atoms in total. The quantitative estimate of drug-likeness (QED) is 0.374. The standard InChI is InChI=1S/C19H20N4O2S3/c1-3-16(24)23(13-8-9-13)18-21-22-19(28-18)27-11-12-10-26-17(20-12)14-6-4-5-7-15(14)25-2/h4-7,10,13H,3,8-9,11H2,1-2H3. The number of carbonyl (C=O) groups excluding carboxylic acids is 1. The van der Waals surface area contributed by atoms with Crippen LogP contribution in [0.1, 0.15) is 31.9 Å². The highest BCUT2D eigenvalue weighted by atomic mass is 32.2. The van der Waals surface area contributed by atoms with E-state index in [0.29, 0.717) is 23.3 Å². The summed E-state index contributed by atoms with van der Waals surface area (Å²) in [5, 5.41) is 12.2. The predicted octanol–water partition coefficient (Wildman–Crippen LogP) is 4.87. The highest BCUT2D eigenvalue weighted by Gasteiger charge is 2.35. The van der Waals surface area contributed by atoms with Gasteiger partial charge >= 0.3 is 0 Å². The molecule has 1 fully saturated rings. The minimum absolute atomic E-state index is 0.121. The second-order valence-corrected chi connectivity index (χ2v) is 9.37. The maximum absolute atomic E-state index is 12.2. The van der Waals surface area contributed by atoms with Crippen molar-refractivity contribution in [3.8, 4) is 16.3 Å². The Morgan fingerprint density at radius 3 is 2.89 bits per heavy atom. The molecule has 2 heterocycles. The van der Waals surface area contributed by atoms with Gasteiger partial charge in [0, 0.05) is 23.6 Å². The molecule has 0 spiro atoms. The summed E-state index contributed by atoms with van der Waals surface area (Å²) in [6.45, 7) is 1.88. The van der Waals surface area contributed by atoms with Gasteiger partial charge in [0.2, 0.25) is 11.0 Å². The third-order valence-electron chi connectivity index (χ3n) is 4.32. The minimum atomic E-state index is 0.121. The Morgan fingerprint density at radius 2 is 2.14 bits per heavy atom. The molecule has 0 radical (unpaired) electrons. The number of hydrogen-bond acceptors (Lipinski definition) is 8. The summed E-state index contributed by atoms with van der Waals surface area (Å²) >= 11 is 4.69. The Bertz CT molecular complexity index is 968. The van der Waals surface area contributed by atoms with E-state index in [1.807, 2.05) is 36.1 Å². The molecule has 1 amide bonds. The first-order chi connectivity index (χ1) is 13.7. The van der Waals surface area contributed by atoms with Crippen LogP contribution >= 0.6 is 34.4 Å². The van der Waals surface area contributed by atoms with E-state index in [1.165, 1.54) is 11.3 Å². The Morgan fingerprint density at radius 1 is 1.32 bits per heavy atom. The van der Waals surface area contributed by atoms with Gasteiger partial charge in [-0.15, -0.1) is 21.5 Å². The number of benzene rings is 1. The summed E-state index contributed by atoms with van der Waals surface area (Å²) in [6.07, 6.45) is 2.60. The first-order valence-corrected chi connectivity index (χ1v) is 11.7. The van der Waals surface area contributed by atoms with E-state index in [-0.39, 0.29) is 5.91 Å². The van der Waals surface area contributed by atoms with Crippen LogP contribution in [-0.4, -0.2) is 34.2 Å². The summed E-state index contributed by atoms with van der Waals surface area (Å²) in [5.41, 5.74) is 2.00. The summed E-state index contributed by atoms with van der Waals surface area (Å²) in [4.78, 5) is 18.8. The number of rotatable bonds is 8. The topological polar surface area (TPSA) is 68.2 Å². The second-order valence-electron chi connectivity index (χ2n) is 6.33. The van der Waals surface area contributed by atoms with Crippen molar-refractivity contribution in [3.05, 3.63) is 35.3 Å². The SMILES string of the molecule is CCC(=O)N(c1nnc(SCc2csc(-c3ccccc3OC)n2)s1)C1CC1. The number of thioether (sulfide) groups is 1. The predicted molar refractivity (Wildman–Crippen MR) is 114 cm³/mol. The maximum Gasteiger partial charge on any atom is 0.228 e. The first-order valence-electron chi connectivity index (χ1n) is 9.05. The van der Waals surface area contributed by atoms with E-state index in [0.717, 1.165) is 39.2 Å². The zero-order valence-corrected chi connectivity index (χ0v) is 18.1. The Hall–Kier alpha value is -1.97. The third kappa shape index (κ3) is 4.21. The fourth-order valence-corrected chi connectivity index (χ4v) is 5.56. The molecule has 0 atom stereocenters. The van der Waals surface area contributed by atoms with E-state index in [1.54, 1.807) is 30.2 Å². The Balaban J connectivity index is 1.42. The lowest BCUT2D eigenvalue weighted by Crippen LogP contribution is -2.32. The van der Waals surface area contributed by atoms with Crippen molar-refractivity contribution in [1.29, 1.82) is 0 Å². The van der Waals surface area contributed by atoms with Crippen LogP contribution in [-0.2, 0) is 10.5 Å². The van der Waals surface area contributed by atoms with E-state index in [4.69, 9.17) is 9.72 Å². The lowest BCUT2D eigenvalue weighted by molar-refractivity contribution is -0.118. The number of aromatic nitrogens is 3. The summed E-state index contributed by atoms with van der Waals surface area (Å²) in [6, 6.07) is 8.20. The third-order valence-corrected chi connectivity index (χ3v) is 7.33. The van der Waals surface area contributed by atoms with Crippen LogP contribution in [0.2, 0.25) is 0 Å². The number of para-hydroxylation sites is 1.